The molecule has 0 spiro atoms. The highest BCUT2D eigenvalue weighted by Crippen LogP contribution is 2.13. The molecule has 0 fully saturated rings. The van der Waals surface area contributed by atoms with Crippen molar-refractivity contribution in [1.29, 1.82) is 0 Å². The summed E-state index contributed by atoms with van der Waals surface area (Å²) >= 11 is 5.20. The molecule has 2 aromatic carbocycles. The first-order chi connectivity index (χ1) is 9.95. The van der Waals surface area contributed by atoms with Crippen LogP contribution in [0, 0.1) is 20.8 Å². The number of rotatable bonds is 2. The zero-order valence-electron chi connectivity index (χ0n) is 12.4. The lowest BCUT2D eigenvalue weighted by molar-refractivity contribution is 0.0977. The average molecular weight is 298 g/mol. The van der Waals surface area contributed by atoms with Gasteiger partial charge in [-0.25, -0.2) is 0 Å². The van der Waals surface area contributed by atoms with Crippen LogP contribution in [0.15, 0.2) is 42.5 Å². The fourth-order valence-corrected chi connectivity index (χ4v) is 2.42. The molecule has 2 aromatic rings. The van der Waals surface area contributed by atoms with Gasteiger partial charge in [0.15, 0.2) is 5.11 Å². The van der Waals surface area contributed by atoms with E-state index in [2.05, 4.69) is 16.7 Å². The summed E-state index contributed by atoms with van der Waals surface area (Å²) in [5.41, 5.74) is 4.71. The number of hydrogen-bond acceptors (Lipinski definition) is 2. The van der Waals surface area contributed by atoms with E-state index in [1.165, 1.54) is 0 Å². The maximum Gasteiger partial charge on any atom is 0.257 e. The van der Waals surface area contributed by atoms with Crippen molar-refractivity contribution < 1.29 is 4.79 Å². The summed E-state index contributed by atoms with van der Waals surface area (Å²) in [5.74, 6) is -0.199. The molecule has 0 heterocycles. The Balaban J connectivity index is 2.05. The first kappa shape index (κ1) is 15.2. The molecule has 0 bridgehead atoms. The summed E-state index contributed by atoms with van der Waals surface area (Å²) in [4.78, 5) is 12.2. The van der Waals surface area contributed by atoms with E-state index in [0.29, 0.717) is 10.7 Å². The predicted octanol–water partition coefficient (Wildman–Crippen LogP) is 3.74. The smallest absolute Gasteiger partial charge is 0.257 e. The largest absolute Gasteiger partial charge is 0.332 e. The van der Waals surface area contributed by atoms with Crippen LogP contribution < -0.4 is 10.6 Å². The summed E-state index contributed by atoms with van der Waals surface area (Å²) in [6, 6.07) is 13.5. The van der Waals surface area contributed by atoms with Crippen LogP contribution in [-0.4, -0.2) is 11.0 Å². The zero-order chi connectivity index (χ0) is 15.4. The number of aryl methyl sites for hydroxylation is 3. The van der Waals surface area contributed by atoms with Gasteiger partial charge in [-0.1, -0.05) is 24.3 Å². The Hall–Kier alpha value is -2.20. The van der Waals surface area contributed by atoms with Gasteiger partial charge < -0.3 is 5.32 Å². The summed E-state index contributed by atoms with van der Waals surface area (Å²) in [6.07, 6.45) is 0. The Labute approximate surface area is 130 Å². The highest BCUT2D eigenvalue weighted by molar-refractivity contribution is 7.80. The van der Waals surface area contributed by atoms with E-state index in [0.717, 1.165) is 22.4 Å². The van der Waals surface area contributed by atoms with Crippen LogP contribution in [0.1, 0.15) is 27.0 Å². The molecule has 21 heavy (non-hydrogen) atoms. The van der Waals surface area contributed by atoms with Crippen LogP contribution >= 0.6 is 12.2 Å². The van der Waals surface area contributed by atoms with E-state index in [1.807, 2.05) is 51.1 Å². The summed E-state index contributed by atoms with van der Waals surface area (Å²) in [7, 11) is 0. The van der Waals surface area contributed by atoms with Gasteiger partial charge in [-0.05, 0) is 67.9 Å². The number of carbonyl (C=O) groups excluding carboxylic acids is 1. The van der Waals surface area contributed by atoms with Crippen LogP contribution in [0.4, 0.5) is 5.69 Å². The normalized spacial score (nSPS) is 10.0. The molecule has 3 nitrogen and oxygen atoms in total. The van der Waals surface area contributed by atoms with Crippen molar-refractivity contribution >= 4 is 28.9 Å². The SMILES string of the molecule is Cc1cc(C)cc(NC(=S)NC(=O)c2ccccc2C)c1. The third-order valence-corrected chi connectivity index (χ3v) is 3.30. The lowest BCUT2D eigenvalue weighted by Crippen LogP contribution is -2.34. The second-order valence-corrected chi connectivity index (χ2v) is 5.51. The second-order valence-electron chi connectivity index (χ2n) is 5.10. The van der Waals surface area contributed by atoms with Gasteiger partial charge in [0.05, 0.1) is 0 Å². The summed E-state index contributed by atoms with van der Waals surface area (Å²) in [6.45, 7) is 5.94. The molecule has 108 valence electrons. The molecular formula is C17H18N2OS. The Morgan fingerprint density at radius 2 is 1.62 bits per heavy atom. The average Bonchev–Trinajstić information content (AvgIpc) is 2.37. The lowest BCUT2D eigenvalue weighted by atomic mass is 10.1. The highest BCUT2D eigenvalue weighted by Gasteiger charge is 2.10. The Kier molecular flexibility index (Phi) is 4.70. The first-order valence-electron chi connectivity index (χ1n) is 6.72. The van der Waals surface area contributed by atoms with E-state index in [-0.39, 0.29) is 5.91 Å². The van der Waals surface area contributed by atoms with Crippen molar-refractivity contribution in [3.63, 3.8) is 0 Å². The molecule has 0 aliphatic carbocycles. The molecule has 0 aliphatic rings. The first-order valence-corrected chi connectivity index (χ1v) is 7.13. The second kappa shape index (κ2) is 6.50. The number of carbonyl (C=O) groups is 1. The number of anilines is 1. The van der Waals surface area contributed by atoms with Gasteiger partial charge in [0.2, 0.25) is 0 Å². The predicted molar refractivity (Wildman–Crippen MR) is 90.8 cm³/mol. The minimum atomic E-state index is -0.199. The number of hydrogen-bond donors (Lipinski definition) is 2. The topological polar surface area (TPSA) is 41.1 Å². The maximum absolute atomic E-state index is 12.2. The number of nitrogens with one attached hydrogen (secondary N) is 2. The van der Waals surface area contributed by atoms with Crippen molar-refractivity contribution in [2.45, 2.75) is 20.8 Å². The molecule has 0 aromatic heterocycles. The van der Waals surface area contributed by atoms with E-state index in [9.17, 15) is 4.79 Å². The number of thiocarbonyl (C=S) groups is 1. The third kappa shape index (κ3) is 4.13. The molecule has 2 N–H and O–H groups in total. The van der Waals surface area contributed by atoms with Crippen molar-refractivity contribution in [2.75, 3.05) is 5.32 Å². The third-order valence-electron chi connectivity index (χ3n) is 3.10. The van der Waals surface area contributed by atoms with E-state index in [1.54, 1.807) is 6.07 Å². The van der Waals surface area contributed by atoms with Gasteiger partial charge in [0.1, 0.15) is 0 Å². The van der Waals surface area contributed by atoms with Crippen molar-refractivity contribution in [1.82, 2.24) is 5.32 Å². The Morgan fingerprint density at radius 1 is 1.00 bits per heavy atom. The maximum atomic E-state index is 12.2. The molecule has 0 saturated heterocycles. The van der Waals surface area contributed by atoms with Crippen LogP contribution in [0.2, 0.25) is 0 Å². The van der Waals surface area contributed by atoms with Gasteiger partial charge in [-0.3, -0.25) is 10.1 Å². The molecule has 0 unspecified atom stereocenters. The van der Waals surface area contributed by atoms with Crippen LogP contribution in [0.5, 0.6) is 0 Å². The minimum Gasteiger partial charge on any atom is -0.332 e. The van der Waals surface area contributed by atoms with E-state index >= 15 is 0 Å². The fraction of sp³-hybridized carbons (Fsp3) is 0.176. The van der Waals surface area contributed by atoms with Crippen LogP contribution in [0.3, 0.4) is 0 Å². The summed E-state index contributed by atoms with van der Waals surface area (Å²) in [5, 5.41) is 6.05. The molecule has 0 radical (unpaired) electrons. The van der Waals surface area contributed by atoms with Gasteiger partial charge in [0.25, 0.3) is 5.91 Å². The highest BCUT2D eigenvalue weighted by atomic mass is 32.1. The quantitative estimate of drug-likeness (QED) is 0.830. The lowest BCUT2D eigenvalue weighted by Gasteiger charge is -2.12. The number of amides is 1. The van der Waals surface area contributed by atoms with Gasteiger partial charge in [-0.2, -0.15) is 0 Å². The monoisotopic (exact) mass is 298 g/mol. The Morgan fingerprint density at radius 3 is 2.24 bits per heavy atom. The zero-order valence-corrected chi connectivity index (χ0v) is 13.2. The van der Waals surface area contributed by atoms with Crippen molar-refractivity contribution in [3.8, 4) is 0 Å². The van der Waals surface area contributed by atoms with E-state index in [4.69, 9.17) is 12.2 Å². The van der Waals surface area contributed by atoms with E-state index < -0.39 is 0 Å². The molecule has 0 aliphatic heterocycles. The molecule has 2 rings (SSSR count). The van der Waals surface area contributed by atoms with Crippen LogP contribution in [0.25, 0.3) is 0 Å². The standard InChI is InChI=1S/C17H18N2OS/c1-11-8-12(2)10-14(9-11)18-17(21)19-16(20)15-7-5-4-6-13(15)3/h4-10H,1-3H3,(H2,18,19,20,21). The molecule has 0 atom stereocenters. The fourth-order valence-electron chi connectivity index (χ4n) is 2.21. The van der Waals surface area contributed by atoms with Crippen molar-refractivity contribution in [3.05, 3.63) is 64.7 Å². The summed E-state index contributed by atoms with van der Waals surface area (Å²) < 4.78 is 0. The minimum absolute atomic E-state index is 0.199. The van der Waals surface area contributed by atoms with Crippen LogP contribution in [-0.2, 0) is 0 Å². The van der Waals surface area contributed by atoms with Gasteiger partial charge in [0, 0.05) is 11.3 Å². The molecule has 4 heteroatoms. The van der Waals surface area contributed by atoms with Gasteiger partial charge >= 0.3 is 0 Å². The number of benzene rings is 2. The Bertz CT molecular complexity index is 675. The van der Waals surface area contributed by atoms with Crippen molar-refractivity contribution in [2.24, 2.45) is 0 Å². The van der Waals surface area contributed by atoms with Gasteiger partial charge in [-0.15, -0.1) is 0 Å². The molecule has 0 saturated carbocycles. The molecular weight excluding hydrogens is 280 g/mol. The molecule has 1 amide bonds.